The first-order chi connectivity index (χ1) is 13.7. The van der Waals surface area contributed by atoms with Gasteiger partial charge < -0.3 is 9.88 Å². The smallest absolute Gasteiger partial charge is 0.242 e. The average molecular weight is 433 g/mol. The SMILES string of the molecule is CCn1c(CSc2ccc(NC(C)=O)cc2)nc2cc(S(=O)(=O)N(C)C)ccc21. The second-order valence-electron chi connectivity index (χ2n) is 6.70. The average Bonchev–Trinajstić information content (AvgIpc) is 3.03. The molecular weight excluding hydrogens is 408 g/mol. The van der Waals surface area contributed by atoms with E-state index in [1.807, 2.05) is 37.3 Å². The first kappa shape index (κ1) is 21.4. The summed E-state index contributed by atoms with van der Waals surface area (Å²) in [7, 11) is -0.463. The second kappa shape index (κ2) is 8.56. The molecule has 9 heteroatoms. The van der Waals surface area contributed by atoms with Gasteiger partial charge in [-0.25, -0.2) is 17.7 Å². The molecule has 7 nitrogen and oxygen atoms in total. The monoisotopic (exact) mass is 432 g/mol. The van der Waals surface area contributed by atoms with E-state index in [0.29, 0.717) is 11.3 Å². The normalized spacial score (nSPS) is 11.9. The molecule has 29 heavy (non-hydrogen) atoms. The molecule has 1 N–H and O–H groups in total. The number of hydrogen-bond acceptors (Lipinski definition) is 5. The van der Waals surface area contributed by atoms with Gasteiger partial charge in [-0.1, -0.05) is 0 Å². The molecule has 0 aliphatic rings. The Kier molecular flexibility index (Phi) is 6.30. The molecule has 0 aliphatic carbocycles. The maximum atomic E-state index is 12.4. The highest BCUT2D eigenvalue weighted by molar-refractivity contribution is 7.98. The van der Waals surface area contributed by atoms with E-state index in [9.17, 15) is 13.2 Å². The summed E-state index contributed by atoms with van der Waals surface area (Å²) < 4.78 is 28.1. The van der Waals surface area contributed by atoms with Gasteiger partial charge in [-0.2, -0.15) is 0 Å². The van der Waals surface area contributed by atoms with Crippen LogP contribution in [0.2, 0.25) is 0 Å². The molecule has 1 aromatic heterocycles. The van der Waals surface area contributed by atoms with Crippen molar-refractivity contribution in [3.63, 3.8) is 0 Å². The Bertz CT molecular complexity index is 1140. The van der Waals surface area contributed by atoms with Crippen molar-refractivity contribution in [2.45, 2.75) is 35.9 Å². The predicted molar refractivity (Wildman–Crippen MR) is 117 cm³/mol. The number of hydrogen-bond donors (Lipinski definition) is 1. The van der Waals surface area contributed by atoms with Gasteiger partial charge in [0.2, 0.25) is 15.9 Å². The number of carbonyl (C=O) groups is 1. The summed E-state index contributed by atoms with van der Waals surface area (Å²) in [5, 5.41) is 2.75. The van der Waals surface area contributed by atoms with Crippen molar-refractivity contribution in [2.75, 3.05) is 19.4 Å². The number of rotatable bonds is 7. The Balaban J connectivity index is 1.84. The van der Waals surface area contributed by atoms with Crippen molar-refractivity contribution in [3.8, 4) is 0 Å². The number of thioether (sulfide) groups is 1. The van der Waals surface area contributed by atoms with Crippen molar-refractivity contribution in [2.24, 2.45) is 0 Å². The fourth-order valence-electron chi connectivity index (χ4n) is 2.98. The van der Waals surface area contributed by atoms with Crippen LogP contribution in [0.1, 0.15) is 19.7 Å². The van der Waals surface area contributed by atoms with E-state index in [4.69, 9.17) is 4.98 Å². The highest BCUT2D eigenvalue weighted by Crippen LogP contribution is 2.27. The third kappa shape index (κ3) is 4.63. The molecule has 0 unspecified atom stereocenters. The first-order valence-electron chi connectivity index (χ1n) is 9.14. The molecule has 2 aromatic carbocycles. The van der Waals surface area contributed by atoms with Gasteiger partial charge in [0, 0.05) is 38.1 Å². The zero-order valence-corrected chi connectivity index (χ0v) is 18.5. The van der Waals surface area contributed by atoms with Crippen molar-refractivity contribution in [1.82, 2.24) is 13.9 Å². The number of fused-ring (bicyclic) bond motifs is 1. The molecule has 0 radical (unpaired) electrons. The van der Waals surface area contributed by atoms with Gasteiger partial charge in [-0.15, -0.1) is 11.8 Å². The minimum Gasteiger partial charge on any atom is -0.328 e. The topological polar surface area (TPSA) is 84.3 Å². The van der Waals surface area contributed by atoms with Crippen molar-refractivity contribution >= 4 is 44.4 Å². The number of nitrogens with one attached hydrogen (secondary N) is 1. The number of sulfonamides is 1. The van der Waals surface area contributed by atoms with Gasteiger partial charge in [0.25, 0.3) is 0 Å². The number of nitrogens with zero attached hydrogens (tertiary/aromatic N) is 3. The lowest BCUT2D eigenvalue weighted by Crippen LogP contribution is -2.22. The first-order valence-corrected chi connectivity index (χ1v) is 11.6. The molecule has 0 atom stereocenters. The van der Waals surface area contributed by atoms with Gasteiger partial charge in [0.05, 0.1) is 21.7 Å². The molecular formula is C20H24N4O3S2. The maximum absolute atomic E-state index is 12.4. The number of benzene rings is 2. The maximum Gasteiger partial charge on any atom is 0.242 e. The lowest BCUT2D eigenvalue weighted by atomic mass is 10.3. The fourth-order valence-corrected chi connectivity index (χ4v) is 4.75. The molecule has 0 aliphatic heterocycles. The Labute approximate surface area is 175 Å². The quantitative estimate of drug-likeness (QED) is 0.577. The Morgan fingerprint density at radius 1 is 1.17 bits per heavy atom. The van der Waals surface area contributed by atoms with Gasteiger partial charge in [0.1, 0.15) is 5.82 Å². The minimum absolute atomic E-state index is 0.0993. The van der Waals surface area contributed by atoms with Crippen molar-refractivity contribution in [3.05, 3.63) is 48.3 Å². The summed E-state index contributed by atoms with van der Waals surface area (Å²) in [6.45, 7) is 4.27. The largest absolute Gasteiger partial charge is 0.328 e. The molecule has 3 aromatic rings. The number of aryl methyl sites for hydroxylation is 1. The number of imidazole rings is 1. The van der Waals surface area contributed by atoms with Crippen LogP contribution >= 0.6 is 11.8 Å². The van der Waals surface area contributed by atoms with E-state index in [0.717, 1.165) is 28.5 Å². The molecule has 1 heterocycles. The van der Waals surface area contributed by atoms with E-state index in [1.54, 1.807) is 23.9 Å². The zero-order chi connectivity index (χ0) is 21.2. The summed E-state index contributed by atoms with van der Waals surface area (Å²) in [4.78, 5) is 17.1. The van der Waals surface area contributed by atoms with Crippen molar-refractivity contribution < 1.29 is 13.2 Å². The Hall–Kier alpha value is -2.36. The van der Waals surface area contributed by atoms with Crippen LogP contribution in [0.5, 0.6) is 0 Å². The summed E-state index contributed by atoms with van der Waals surface area (Å²) in [5.41, 5.74) is 2.35. The molecule has 1 amide bonds. The lowest BCUT2D eigenvalue weighted by molar-refractivity contribution is -0.114. The molecule has 3 rings (SSSR count). The molecule has 0 spiro atoms. The van der Waals surface area contributed by atoms with Gasteiger partial charge in [-0.3, -0.25) is 4.79 Å². The number of anilines is 1. The number of carbonyl (C=O) groups excluding carboxylic acids is 1. The van der Waals surface area contributed by atoms with E-state index < -0.39 is 10.0 Å². The van der Waals surface area contributed by atoms with Crippen LogP contribution in [-0.2, 0) is 27.1 Å². The van der Waals surface area contributed by atoms with Crippen LogP contribution in [0, 0.1) is 0 Å². The molecule has 0 bridgehead atoms. The fraction of sp³-hybridized carbons (Fsp3) is 0.300. The zero-order valence-electron chi connectivity index (χ0n) is 16.8. The van der Waals surface area contributed by atoms with Gasteiger partial charge in [0.15, 0.2) is 0 Å². The lowest BCUT2D eigenvalue weighted by Gasteiger charge is -2.11. The van der Waals surface area contributed by atoms with Crippen LogP contribution < -0.4 is 5.32 Å². The predicted octanol–water partition coefficient (Wildman–Crippen LogP) is 3.56. The molecule has 0 saturated heterocycles. The van der Waals surface area contributed by atoms with Gasteiger partial charge >= 0.3 is 0 Å². The third-order valence-electron chi connectivity index (χ3n) is 4.44. The van der Waals surface area contributed by atoms with Crippen molar-refractivity contribution in [1.29, 1.82) is 0 Å². The summed E-state index contributed by atoms with van der Waals surface area (Å²) in [6, 6.07) is 12.7. The molecule has 154 valence electrons. The van der Waals surface area contributed by atoms with E-state index in [1.165, 1.54) is 25.3 Å². The number of aromatic nitrogens is 2. The Morgan fingerprint density at radius 2 is 1.86 bits per heavy atom. The second-order valence-corrected chi connectivity index (χ2v) is 9.91. The standard InChI is InChI=1S/C20H24N4O3S2/c1-5-24-19-11-10-17(29(26,27)23(3)4)12-18(19)22-20(24)13-28-16-8-6-15(7-9-16)21-14(2)25/h6-12H,5,13H2,1-4H3,(H,21,25). The van der Waals surface area contributed by atoms with E-state index >= 15 is 0 Å². The minimum atomic E-state index is -3.50. The third-order valence-corrected chi connectivity index (χ3v) is 7.26. The number of amides is 1. The van der Waals surface area contributed by atoms with Crippen LogP contribution in [0.15, 0.2) is 52.3 Å². The summed E-state index contributed by atoms with van der Waals surface area (Å²) in [5.74, 6) is 1.44. The molecule has 0 fully saturated rings. The highest BCUT2D eigenvalue weighted by Gasteiger charge is 2.19. The van der Waals surface area contributed by atoms with Crippen LogP contribution in [0.25, 0.3) is 11.0 Å². The summed E-state index contributed by atoms with van der Waals surface area (Å²) >= 11 is 1.64. The van der Waals surface area contributed by atoms with Crippen LogP contribution in [-0.4, -0.2) is 42.3 Å². The van der Waals surface area contributed by atoms with Gasteiger partial charge in [-0.05, 0) is 49.4 Å². The highest BCUT2D eigenvalue weighted by atomic mass is 32.2. The van der Waals surface area contributed by atoms with Crippen LogP contribution in [0.3, 0.4) is 0 Å². The van der Waals surface area contributed by atoms with Crippen LogP contribution in [0.4, 0.5) is 5.69 Å². The van der Waals surface area contributed by atoms with E-state index in [-0.39, 0.29) is 10.8 Å². The Morgan fingerprint density at radius 3 is 2.45 bits per heavy atom. The summed E-state index contributed by atoms with van der Waals surface area (Å²) in [6.07, 6.45) is 0. The van der Waals surface area contributed by atoms with E-state index in [2.05, 4.69) is 9.88 Å². The molecule has 0 saturated carbocycles.